The standard InChI is InChI=1S/C14H24N2/c1-11(7-15)8-16-10-14(4)6-12(16)5-13(2,3)9-14/h11-12H,5-6,8-10H2,1-4H3/p+1/t11-,12-,14-/m1/s1. The second-order valence-electron chi connectivity index (χ2n) is 7.33. The Morgan fingerprint density at radius 2 is 2.06 bits per heavy atom. The van der Waals surface area contributed by atoms with Crippen LogP contribution in [0, 0.1) is 28.1 Å². The van der Waals surface area contributed by atoms with Crippen LogP contribution < -0.4 is 4.90 Å². The molecule has 90 valence electrons. The van der Waals surface area contributed by atoms with Crippen molar-refractivity contribution in [2.24, 2.45) is 16.7 Å². The molecule has 0 spiro atoms. The summed E-state index contributed by atoms with van der Waals surface area (Å²) in [4.78, 5) is 1.70. The lowest BCUT2D eigenvalue weighted by molar-refractivity contribution is -0.916. The highest BCUT2D eigenvalue weighted by atomic mass is 15.2. The van der Waals surface area contributed by atoms with E-state index in [9.17, 15) is 0 Å². The number of nitriles is 1. The molecule has 16 heavy (non-hydrogen) atoms. The van der Waals surface area contributed by atoms with Crippen LogP contribution in [0.3, 0.4) is 0 Å². The maximum atomic E-state index is 8.94. The molecule has 0 radical (unpaired) electrons. The molecule has 2 aliphatic rings. The van der Waals surface area contributed by atoms with Crippen molar-refractivity contribution in [2.75, 3.05) is 13.1 Å². The molecule has 0 aromatic carbocycles. The highest BCUT2D eigenvalue weighted by Gasteiger charge is 2.52. The number of nitrogens with zero attached hydrogens (tertiary/aromatic N) is 1. The SMILES string of the molecule is C[C@H](C#N)C[NH+]1C[C@]2(C)C[C@H]1CC(C)(C)C2. The van der Waals surface area contributed by atoms with Crippen molar-refractivity contribution >= 4 is 0 Å². The van der Waals surface area contributed by atoms with Crippen LogP contribution in [0.4, 0.5) is 0 Å². The molecule has 1 aliphatic heterocycles. The molecule has 1 saturated carbocycles. The number of hydrogen-bond donors (Lipinski definition) is 1. The first-order chi connectivity index (χ1) is 7.34. The van der Waals surface area contributed by atoms with E-state index < -0.39 is 0 Å². The Kier molecular flexibility index (Phi) is 2.78. The van der Waals surface area contributed by atoms with Gasteiger partial charge in [0.1, 0.15) is 0 Å². The van der Waals surface area contributed by atoms with E-state index in [1.807, 2.05) is 0 Å². The van der Waals surface area contributed by atoms with Gasteiger partial charge in [-0.25, -0.2) is 0 Å². The molecule has 1 N–H and O–H groups in total. The molecule has 1 saturated heterocycles. The molecule has 1 unspecified atom stereocenters. The first-order valence-corrected chi connectivity index (χ1v) is 6.58. The molecule has 0 aromatic heterocycles. The summed E-state index contributed by atoms with van der Waals surface area (Å²) < 4.78 is 0. The average Bonchev–Trinajstić information content (AvgIpc) is 2.35. The topological polar surface area (TPSA) is 28.2 Å². The van der Waals surface area contributed by atoms with Crippen molar-refractivity contribution in [2.45, 2.75) is 53.0 Å². The van der Waals surface area contributed by atoms with Gasteiger partial charge in [-0.2, -0.15) is 5.26 Å². The zero-order chi connectivity index (χ0) is 12.0. The summed E-state index contributed by atoms with van der Waals surface area (Å²) >= 11 is 0. The van der Waals surface area contributed by atoms with Crippen molar-refractivity contribution in [1.82, 2.24) is 0 Å². The number of fused-ring (bicyclic) bond motifs is 2. The molecule has 1 aliphatic carbocycles. The smallest absolute Gasteiger partial charge is 0.0931 e. The van der Waals surface area contributed by atoms with Gasteiger partial charge in [0.15, 0.2) is 0 Å². The third-order valence-corrected chi connectivity index (χ3v) is 4.46. The molecule has 4 atom stereocenters. The zero-order valence-corrected chi connectivity index (χ0v) is 11.1. The Labute approximate surface area is 99.6 Å². The van der Waals surface area contributed by atoms with Crippen LogP contribution in [0.25, 0.3) is 0 Å². The second-order valence-corrected chi connectivity index (χ2v) is 7.33. The summed E-state index contributed by atoms with van der Waals surface area (Å²) in [6.07, 6.45) is 4.08. The minimum Gasteiger partial charge on any atom is -0.331 e. The minimum absolute atomic E-state index is 0.209. The lowest BCUT2D eigenvalue weighted by Crippen LogP contribution is -3.14. The van der Waals surface area contributed by atoms with Crippen LogP contribution in [0.15, 0.2) is 0 Å². The summed E-state index contributed by atoms with van der Waals surface area (Å²) in [5.41, 5.74) is 1.05. The van der Waals surface area contributed by atoms with Gasteiger partial charge < -0.3 is 4.90 Å². The first kappa shape index (κ1) is 11.9. The van der Waals surface area contributed by atoms with Crippen molar-refractivity contribution in [3.05, 3.63) is 0 Å². The molecule has 0 amide bonds. The van der Waals surface area contributed by atoms with E-state index in [2.05, 4.69) is 33.8 Å². The molecule has 0 aromatic rings. The van der Waals surface area contributed by atoms with E-state index in [-0.39, 0.29) is 5.92 Å². The Balaban J connectivity index is 2.08. The van der Waals surface area contributed by atoms with Crippen molar-refractivity contribution in [3.8, 4) is 6.07 Å². The van der Waals surface area contributed by atoms with E-state index in [0.717, 1.165) is 12.6 Å². The van der Waals surface area contributed by atoms with E-state index in [4.69, 9.17) is 5.26 Å². The second kappa shape index (κ2) is 3.74. The summed E-state index contributed by atoms with van der Waals surface area (Å²) in [6, 6.07) is 3.19. The normalized spacial score (nSPS) is 42.7. The fourth-order valence-corrected chi connectivity index (χ4v) is 4.43. The van der Waals surface area contributed by atoms with Gasteiger partial charge in [-0.15, -0.1) is 0 Å². The van der Waals surface area contributed by atoms with E-state index >= 15 is 0 Å². The fraction of sp³-hybridized carbons (Fsp3) is 0.929. The maximum Gasteiger partial charge on any atom is 0.0931 e. The van der Waals surface area contributed by atoms with Gasteiger partial charge in [-0.3, -0.25) is 0 Å². The molecule has 1 heterocycles. The number of quaternary nitrogens is 1. The van der Waals surface area contributed by atoms with Crippen LogP contribution >= 0.6 is 0 Å². The highest BCUT2D eigenvalue weighted by molar-refractivity contribution is 4.95. The predicted octanol–water partition coefficient (Wildman–Crippen LogP) is 1.63. The Bertz CT molecular complexity index is 315. The molecular formula is C14H25N2+. The predicted molar refractivity (Wildman–Crippen MR) is 65.0 cm³/mol. The number of rotatable bonds is 2. The van der Waals surface area contributed by atoms with E-state index in [1.54, 1.807) is 4.90 Å². The molecule has 2 heteroatoms. The lowest BCUT2D eigenvalue weighted by Gasteiger charge is -2.37. The number of nitrogens with one attached hydrogen (secondary N) is 1. The van der Waals surface area contributed by atoms with Gasteiger partial charge in [0.2, 0.25) is 0 Å². The summed E-state index contributed by atoms with van der Waals surface area (Å²) in [5, 5.41) is 8.94. The van der Waals surface area contributed by atoms with Gasteiger partial charge in [0, 0.05) is 18.3 Å². The Morgan fingerprint density at radius 3 is 2.69 bits per heavy atom. The largest absolute Gasteiger partial charge is 0.331 e. The van der Waals surface area contributed by atoms with Gasteiger partial charge in [-0.1, -0.05) is 20.8 Å². The average molecular weight is 221 g/mol. The van der Waals surface area contributed by atoms with Crippen molar-refractivity contribution in [3.63, 3.8) is 0 Å². The lowest BCUT2D eigenvalue weighted by atomic mass is 9.65. The summed E-state index contributed by atoms with van der Waals surface area (Å²) in [7, 11) is 0. The minimum atomic E-state index is 0.209. The van der Waals surface area contributed by atoms with Crippen LogP contribution in [0.5, 0.6) is 0 Å². The number of hydrogen-bond acceptors (Lipinski definition) is 1. The van der Waals surface area contributed by atoms with Crippen LogP contribution in [-0.4, -0.2) is 19.1 Å². The third-order valence-electron chi connectivity index (χ3n) is 4.46. The fourth-order valence-electron chi connectivity index (χ4n) is 4.43. The molecule has 2 bridgehead atoms. The molecule has 2 rings (SSSR count). The third kappa shape index (κ3) is 2.25. The quantitative estimate of drug-likeness (QED) is 0.754. The van der Waals surface area contributed by atoms with Crippen molar-refractivity contribution in [1.29, 1.82) is 5.26 Å². The van der Waals surface area contributed by atoms with Crippen LogP contribution in [-0.2, 0) is 0 Å². The van der Waals surface area contributed by atoms with Gasteiger partial charge in [-0.05, 0) is 18.8 Å². The first-order valence-electron chi connectivity index (χ1n) is 6.58. The van der Waals surface area contributed by atoms with Crippen LogP contribution in [0.2, 0.25) is 0 Å². The zero-order valence-electron chi connectivity index (χ0n) is 11.1. The maximum absolute atomic E-state index is 8.94. The van der Waals surface area contributed by atoms with Gasteiger partial charge in [0.25, 0.3) is 0 Å². The van der Waals surface area contributed by atoms with E-state index in [0.29, 0.717) is 10.8 Å². The van der Waals surface area contributed by atoms with Gasteiger partial charge >= 0.3 is 0 Å². The van der Waals surface area contributed by atoms with E-state index in [1.165, 1.54) is 25.8 Å². The molecule has 2 nitrogen and oxygen atoms in total. The summed E-state index contributed by atoms with van der Waals surface area (Å²) in [5.74, 6) is 0.209. The van der Waals surface area contributed by atoms with Crippen LogP contribution in [0.1, 0.15) is 47.0 Å². The molecular weight excluding hydrogens is 196 g/mol. The Morgan fingerprint density at radius 1 is 1.38 bits per heavy atom. The highest BCUT2D eigenvalue weighted by Crippen LogP contribution is 2.47. The summed E-state index contributed by atoms with van der Waals surface area (Å²) in [6.45, 7) is 11.7. The monoisotopic (exact) mass is 221 g/mol. The Hall–Kier alpha value is -0.550. The van der Waals surface area contributed by atoms with Gasteiger partial charge in [0.05, 0.1) is 31.1 Å². The van der Waals surface area contributed by atoms with Crippen molar-refractivity contribution < 1.29 is 4.90 Å². The molecule has 2 fully saturated rings. The number of likely N-dealkylation sites (tertiary alicyclic amines) is 1.